The van der Waals surface area contributed by atoms with Crippen molar-refractivity contribution in [3.63, 3.8) is 0 Å². The smallest absolute Gasteiger partial charge is 0.259 e. The summed E-state index contributed by atoms with van der Waals surface area (Å²) >= 11 is 0. The van der Waals surface area contributed by atoms with E-state index in [1.807, 2.05) is 12.1 Å². The predicted molar refractivity (Wildman–Crippen MR) is 101 cm³/mol. The third-order valence-corrected chi connectivity index (χ3v) is 3.38. The van der Waals surface area contributed by atoms with Crippen LogP contribution in [0, 0.1) is 0 Å². The van der Waals surface area contributed by atoms with Gasteiger partial charge >= 0.3 is 0 Å². The van der Waals surface area contributed by atoms with E-state index in [2.05, 4.69) is 15.8 Å². The fourth-order valence-corrected chi connectivity index (χ4v) is 2.05. The number of hydrazone groups is 1. The molecule has 2 amide bonds. The molecule has 0 saturated carbocycles. The van der Waals surface area contributed by atoms with Gasteiger partial charge in [0.1, 0.15) is 17.2 Å². The number of hydrogen-bond acceptors (Lipinski definition) is 6. The van der Waals surface area contributed by atoms with Gasteiger partial charge in [-0.05, 0) is 24.3 Å². The number of carbonyl (C=O) groups excluding carboxylic acids is 2. The van der Waals surface area contributed by atoms with E-state index in [-0.39, 0.29) is 18.0 Å². The molecule has 0 bridgehead atoms. The number of ether oxygens (including phenoxy) is 1. The van der Waals surface area contributed by atoms with Crippen molar-refractivity contribution in [1.82, 2.24) is 10.7 Å². The van der Waals surface area contributed by atoms with Gasteiger partial charge in [-0.25, -0.2) is 5.43 Å². The lowest BCUT2D eigenvalue weighted by molar-refractivity contribution is -0.123. The Kier molecular flexibility index (Phi) is 6.95. The highest BCUT2D eigenvalue weighted by atomic mass is 16.5. The molecule has 0 aliphatic rings. The number of para-hydroxylation sites is 1. The van der Waals surface area contributed by atoms with E-state index in [0.717, 1.165) is 11.6 Å². The minimum atomic E-state index is -0.538. The molecule has 8 nitrogen and oxygen atoms in total. The highest BCUT2D eigenvalue weighted by Crippen LogP contribution is 2.20. The van der Waals surface area contributed by atoms with Gasteiger partial charge in [-0.1, -0.05) is 18.2 Å². The zero-order valence-electron chi connectivity index (χ0n) is 14.5. The van der Waals surface area contributed by atoms with Crippen molar-refractivity contribution in [2.24, 2.45) is 5.10 Å². The second-order valence-electron chi connectivity index (χ2n) is 5.33. The van der Waals surface area contributed by atoms with Gasteiger partial charge < -0.3 is 20.3 Å². The lowest BCUT2D eigenvalue weighted by atomic mass is 10.2. The zero-order valence-corrected chi connectivity index (χ0v) is 14.5. The zero-order chi connectivity index (χ0) is 19.6. The van der Waals surface area contributed by atoms with Gasteiger partial charge in [-0.15, -0.1) is 0 Å². The molecule has 0 spiro atoms. The number of phenols is 2. The Bertz CT molecular complexity index is 877. The summed E-state index contributed by atoms with van der Waals surface area (Å²) in [7, 11) is 1.54. The van der Waals surface area contributed by atoms with Crippen molar-refractivity contribution in [2.75, 3.05) is 13.7 Å². The third kappa shape index (κ3) is 6.20. The quantitative estimate of drug-likeness (QED) is 0.334. The average Bonchev–Trinajstić information content (AvgIpc) is 2.66. The third-order valence-electron chi connectivity index (χ3n) is 3.38. The number of hydrogen-bond donors (Lipinski definition) is 4. The van der Waals surface area contributed by atoms with E-state index >= 15 is 0 Å². The SMILES string of the molecule is COc1ccccc1/C=C/C(=O)NCC(=O)N/N=C/c1ccc(O)cc1O. The summed E-state index contributed by atoms with van der Waals surface area (Å²) in [5.74, 6) is -0.619. The van der Waals surface area contributed by atoms with Crippen LogP contribution >= 0.6 is 0 Å². The molecule has 2 rings (SSSR count). The summed E-state index contributed by atoms with van der Waals surface area (Å²) in [5, 5.41) is 24.9. The monoisotopic (exact) mass is 369 g/mol. The van der Waals surface area contributed by atoms with Crippen LogP contribution in [-0.2, 0) is 9.59 Å². The molecule has 0 aromatic heterocycles. The van der Waals surface area contributed by atoms with Crippen LogP contribution in [0.15, 0.2) is 53.6 Å². The number of methoxy groups -OCH3 is 1. The van der Waals surface area contributed by atoms with Crippen LogP contribution in [-0.4, -0.2) is 41.9 Å². The van der Waals surface area contributed by atoms with Crippen LogP contribution in [0.2, 0.25) is 0 Å². The second-order valence-corrected chi connectivity index (χ2v) is 5.33. The molecule has 0 unspecified atom stereocenters. The molecule has 0 aliphatic heterocycles. The Morgan fingerprint density at radius 3 is 2.67 bits per heavy atom. The van der Waals surface area contributed by atoms with Gasteiger partial charge in [0.25, 0.3) is 5.91 Å². The minimum absolute atomic E-state index is 0.0856. The fourth-order valence-electron chi connectivity index (χ4n) is 2.05. The number of amides is 2. The van der Waals surface area contributed by atoms with E-state index in [4.69, 9.17) is 4.74 Å². The molecular formula is C19H19N3O5. The molecule has 4 N–H and O–H groups in total. The highest BCUT2D eigenvalue weighted by Gasteiger charge is 2.04. The van der Waals surface area contributed by atoms with E-state index in [1.165, 1.54) is 31.5 Å². The molecule has 0 fully saturated rings. The van der Waals surface area contributed by atoms with Gasteiger partial charge in [0.2, 0.25) is 5.91 Å². The molecule has 0 aliphatic carbocycles. The molecule has 27 heavy (non-hydrogen) atoms. The normalized spacial score (nSPS) is 10.9. The molecular weight excluding hydrogens is 350 g/mol. The maximum atomic E-state index is 11.8. The molecule has 0 radical (unpaired) electrons. The van der Waals surface area contributed by atoms with Crippen LogP contribution in [0.25, 0.3) is 6.08 Å². The Hall–Kier alpha value is -3.81. The predicted octanol–water partition coefficient (Wildman–Crippen LogP) is 1.39. The molecule has 2 aromatic carbocycles. The fraction of sp³-hybridized carbons (Fsp3) is 0.105. The number of carbonyl (C=O) groups is 2. The molecule has 0 atom stereocenters. The second kappa shape index (κ2) is 9.62. The van der Waals surface area contributed by atoms with Gasteiger partial charge in [-0.2, -0.15) is 5.10 Å². The maximum Gasteiger partial charge on any atom is 0.259 e. The van der Waals surface area contributed by atoms with Crippen molar-refractivity contribution >= 4 is 24.1 Å². The Labute approximate surface area is 155 Å². The van der Waals surface area contributed by atoms with Crippen LogP contribution in [0.4, 0.5) is 0 Å². The van der Waals surface area contributed by atoms with Crippen molar-refractivity contribution in [1.29, 1.82) is 0 Å². The molecule has 2 aromatic rings. The van der Waals surface area contributed by atoms with Crippen molar-refractivity contribution < 1.29 is 24.5 Å². The summed E-state index contributed by atoms with van der Waals surface area (Å²) in [6.07, 6.45) is 4.09. The highest BCUT2D eigenvalue weighted by molar-refractivity contribution is 5.94. The summed E-state index contributed by atoms with van der Waals surface area (Å²) < 4.78 is 5.18. The molecule has 8 heteroatoms. The van der Waals surface area contributed by atoms with E-state index in [0.29, 0.717) is 11.3 Å². The summed E-state index contributed by atoms with van der Waals surface area (Å²) in [4.78, 5) is 23.4. The first-order valence-corrected chi connectivity index (χ1v) is 7.92. The Morgan fingerprint density at radius 1 is 1.15 bits per heavy atom. The Balaban J connectivity index is 1.80. The standard InChI is InChI=1S/C19H19N3O5/c1-27-17-5-3-2-4-13(17)7-9-18(25)20-12-19(26)22-21-11-14-6-8-15(23)10-16(14)24/h2-11,23-24H,12H2,1H3,(H,20,25)(H,22,26)/b9-7+,21-11+. The number of benzene rings is 2. The maximum absolute atomic E-state index is 11.8. The van der Waals surface area contributed by atoms with Crippen molar-refractivity contribution in [2.45, 2.75) is 0 Å². The summed E-state index contributed by atoms with van der Waals surface area (Å²) in [5.41, 5.74) is 3.27. The number of nitrogens with zero attached hydrogens (tertiary/aromatic N) is 1. The lowest BCUT2D eigenvalue weighted by Gasteiger charge is -2.04. The van der Waals surface area contributed by atoms with Crippen LogP contribution in [0.3, 0.4) is 0 Å². The van der Waals surface area contributed by atoms with E-state index in [9.17, 15) is 19.8 Å². The van der Waals surface area contributed by atoms with Gasteiger partial charge in [0.05, 0.1) is 19.9 Å². The first-order valence-electron chi connectivity index (χ1n) is 7.92. The van der Waals surface area contributed by atoms with E-state index in [1.54, 1.807) is 18.2 Å². The Morgan fingerprint density at radius 2 is 1.93 bits per heavy atom. The van der Waals surface area contributed by atoms with E-state index < -0.39 is 11.8 Å². The number of aromatic hydroxyl groups is 2. The first-order chi connectivity index (χ1) is 13.0. The van der Waals surface area contributed by atoms with Crippen LogP contribution < -0.4 is 15.5 Å². The molecule has 0 heterocycles. The van der Waals surface area contributed by atoms with Gasteiger partial charge in [-0.3, -0.25) is 9.59 Å². The number of nitrogens with one attached hydrogen (secondary N) is 2. The lowest BCUT2D eigenvalue weighted by Crippen LogP contribution is -2.34. The minimum Gasteiger partial charge on any atom is -0.508 e. The molecule has 140 valence electrons. The van der Waals surface area contributed by atoms with Crippen LogP contribution in [0.5, 0.6) is 17.2 Å². The largest absolute Gasteiger partial charge is 0.508 e. The van der Waals surface area contributed by atoms with Gasteiger partial charge in [0, 0.05) is 23.3 Å². The topological polar surface area (TPSA) is 120 Å². The number of rotatable bonds is 7. The summed E-state index contributed by atoms with van der Waals surface area (Å²) in [6.45, 7) is -0.270. The summed E-state index contributed by atoms with van der Waals surface area (Å²) in [6, 6.07) is 11.2. The van der Waals surface area contributed by atoms with Gasteiger partial charge in [0.15, 0.2) is 0 Å². The van der Waals surface area contributed by atoms with Crippen LogP contribution in [0.1, 0.15) is 11.1 Å². The van der Waals surface area contributed by atoms with Crippen molar-refractivity contribution in [3.8, 4) is 17.2 Å². The first kappa shape index (κ1) is 19.5. The average molecular weight is 369 g/mol. The molecule has 0 saturated heterocycles. The van der Waals surface area contributed by atoms with Crippen molar-refractivity contribution in [3.05, 3.63) is 59.7 Å². The number of phenolic OH excluding ortho intramolecular Hbond substituents is 2.